The summed E-state index contributed by atoms with van der Waals surface area (Å²) in [6.45, 7) is 0.288. The number of nitrogens with zero attached hydrogens (tertiary/aromatic N) is 1. The SMILES string of the molecule is O=c1c2ccccc2[nH]c(=S)n1OCc1ccccc1. The van der Waals surface area contributed by atoms with Crippen molar-refractivity contribution in [3.05, 3.63) is 75.3 Å². The summed E-state index contributed by atoms with van der Waals surface area (Å²) in [5, 5.41) is 0.550. The topological polar surface area (TPSA) is 47.0 Å². The van der Waals surface area contributed by atoms with Crippen molar-refractivity contribution in [2.75, 3.05) is 0 Å². The van der Waals surface area contributed by atoms with Crippen LogP contribution in [-0.2, 0) is 6.61 Å². The summed E-state index contributed by atoms with van der Waals surface area (Å²) in [5.41, 5.74) is 1.43. The Morgan fingerprint density at radius 2 is 1.75 bits per heavy atom. The molecule has 5 heteroatoms. The summed E-state index contributed by atoms with van der Waals surface area (Å²) in [5.74, 6) is 0. The molecule has 0 saturated heterocycles. The van der Waals surface area contributed by atoms with Crippen LogP contribution in [0.1, 0.15) is 5.56 Å². The van der Waals surface area contributed by atoms with Gasteiger partial charge in [-0.25, -0.2) is 0 Å². The van der Waals surface area contributed by atoms with Crippen LogP contribution < -0.4 is 10.4 Å². The molecule has 4 nitrogen and oxygen atoms in total. The summed E-state index contributed by atoms with van der Waals surface area (Å²) in [7, 11) is 0. The molecule has 0 aliphatic heterocycles. The highest BCUT2D eigenvalue weighted by Gasteiger charge is 2.05. The number of fused-ring (bicyclic) bond motifs is 1. The van der Waals surface area contributed by atoms with E-state index >= 15 is 0 Å². The van der Waals surface area contributed by atoms with E-state index in [-0.39, 0.29) is 16.9 Å². The molecule has 3 aromatic rings. The van der Waals surface area contributed by atoms with Gasteiger partial charge in [0.25, 0.3) is 5.56 Å². The van der Waals surface area contributed by atoms with Crippen LogP contribution >= 0.6 is 12.2 Å². The molecule has 0 aliphatic carbocycles. The first kappa shape index (κ1) is 12.6. The molecule has 3 rings (SSSR count). The number of nitrogens with one attached hydrogen (secondary N) is 1. The van der Waals surface area contributed by atoms with E-state index in [9.17, 15) is 4.79 Å². The van der Waals surface area contributed by atoms with Crippen molar-refractivity contribution < 1.29 is 4.84 Å². The third-order valence-corrected chi connectivity index (χ3v) is 3.24. The summed E-state index contributed by atoms with van der Waals surface area (Å²) in [4.78, 5) is 20.8. The minimum atomic E-state index is -0.250. The molecular formula is C15H12N2O2S. The van der Waals surface area contributed by atoms with Gasteiger partial charge < -0.3 is 9.82 Å². The smallest absolute Gasteiger partial charge is 0.295 e. The number of H-pyrrole nitrogens is 1. The van der Waals surface area contributed by atoms with Gasteiger partial charge in [0.15, 0.2) is 0 Å². The summed E-state index contributed by atoms with van der Waals surface area (Å²) < 4.78 is 1.38. The minimum Gasteiger partial charge on any atom is -0.403 e. The highest BCUT2D eigenvalue weighted by atomic mass is 32.1. The predicted molar refractivity (Wildman–Crippen MR) is 80.1 cm³/mol. The first-order valence-electron chi connectivity index (χ1n) is 6.17. The second-order valence-electron chi connectivity index (χ2n) is 4.33. The number of aromatic amines is 1. The number of hydrogen-bond acceptors (Lipinski definition) is 3. The molecule has 20 heavy (non-hydrogen) atoms. The average molecular weight is 284 g/mol. The van der Waals surface area contributed by atoms with Crippen molar-refractivity contribution >= 4 is 23.1 Å². The second-order valence-corrected chi connectivity index (χ2v) is 4.72. The first-order chi connectivity index (χ1) is 9.75. The van der Waals surface area contributed by atoms with E-state index < -0.39 is 0 Å². The lowest BCUT2D eigenvalue weighted by atomic mass is 10.2. The lowest BCUT2D eigenvalue weighted by Gasteiger charge is -2.09. The fraction of sp³-hybridized carbons (Fsp3) is 0.0667. The lowest BCUT2D eigenvalue weighted by Crippen LogP contribution is -2.28. The minimum absolute atomic E-state index is 0.250. The summed E-state index contributed by atoms with van der Waals surface area (Å²) in [6.07, 6.45) is 0. The molecule has 2 aromatic carbocycles. The fourth-order valence-corrected chi connectivity index (χ4v) is 2.22. The molecule has 0 atom stereocenters. The molecule has 1 N–H and O–H groups in total. The van der Waals surface area contributed by atoms with E-state index in [4.69, 9.17) is 17.1 Å². The summed E-state index contributed by atoms with van der Waals surface area (Å²) >= 11 is 5.16. The zero-order chi connectivity index (χ0) is 13.9. The van der Waals surface area contributed by atoms with E-state index in [1.54, 1.807) is 6.07 Å². The van der Waals surface area contributed by atoms with E-state index in [2.05, 4.69) is 4.98 Å². The van der Waals surface area contributed by atoms with Gasteiger partial charge in [0.05, 0.1) is 10.9 Å². The normalized spacial score (nSPS) is 10.6. The van der Waals surface area contributed by atoms with Crippen LogP contribution in [0.5, 0.6) is 0 Å². The molecule has 0 aliphatic rings. The quantitative estimate of drug-likeness (QED) is 0.752. The third kappa shape index (κ3) is 2.35. The number of rotatable bonds is 3. The van der Waals surface area contributed by atoms with Crippen molar-refractivity contribution in [1.82, 2.24) is 9.71 Å². The zero-order valence-corrected chi connectivity index (χ0v) is 11.4. The van der Waals surface area contributed by atoms with Gasteiger partial charge in [-0.15, -0.1) is 4.73 Å². The largest absolute Gasteiger partial charge is 0.403 e. The van der Waals surface area contributed by atoms with Gasteiger partial charge in [-0.05, 0) is 29.9 Å². The van der Waals surface area contributed by atoms with Crippen molar-refractivity contribution in [2.24, 2.45) is 0 Å². The Labute approximate surface area is 120 Å². The Balaban J connectivity index is 2.00. The maximum Gasteiger partial charge on any atom is 0.295 e. The predicted octanol–water partition coefficient (Wildman–Crippen LogP) is 2.69. The van der Waals surface area contributed by atoms with Crippen molar-refractivity contribution in [3.8, 4) is 0 Å². The van der Waals surface area contributed by atoms with Gasteiger partial charge in [-0.2, -0.15) is 0 Å². The molecule has 0 radical (unpaired) electrons. The van der Waals surface area contributed by atoms with Gasteiger partial charge in [0, 0.05) is 0 Å². The molecule has 1 aromatic heterocycles. The molecule has 0 spiro atoms. The highest BCUT2D eigenvalue weighted by molar-refractivity contribution is 7.71. The van der Waals surface area contributed by atoms with Crippen LogP contribution in [0.15, 0.2) is 59.4 Å². The van der Waals surface area contributed by atoms with Crippen LogP contribution in [-0.4, -0.2) is 9.71 Å². The third-order valence-electron chi connectivity index (χ3n) is 2.97. The Hall–Kier alpha value is -2.40. The number of para-hydroxylation sites is 1. The Kier molecular flexibility index (Phi) is 3.35. The van der Waals surface area contributed by atoms with Crippen molar-refractivity contribution in [2.45, 2.75) is 6.61 Å². The maximum atomic E-state index is 12.3. The molecule has 1 heterocycles. The molecule has 100 valence electrons. The molecule has 0 saturated carbocycles. The summed E-state index contributed by atoms with van der Waals surface area (Å²) in [6, 6.07) is 16.8. The molecule has 0 unspecified atom stereocenters. The van der Waals surface area contributed by atoms with E-state index in [1.807, 2.05) is 48.5 Å². The molecular weight excluding hydrogens is 272 g/mol. The van der Waals surface area contributed by atoms with Crippen LogP contribution in [0.25, 0.3) is 10.9 Å². The van der Waals surface area contributed by atoms with Gasteiger partial charge >= 0.3 is 0 Å². The number of aromatic nitrogens is 2. The lowest BCUT2D eigenvalue weighted by molar-refractivity contribution is 0.0848. The molecule has 0 amide bonds. The van der Waals surface area contributed by atoms with E-state index in [0.29, 0.717) is 10.9 Å². The van der Waals surface area contributed by atoms with Crippen LogP contribution in [0.4, 0.5) is 0 Å². The standard InChI is InChI=1S/C15H12N2O2S/c18-14-12-8-4-5-9-13(12)16-15(20)17(14)19-10-11-6-2-1-3-7-11/h1-9H,10H2,(H,16,20). The van der Waals surface area contributed by atoms with Gasteiger partial charge in [-0.1, -0.05) is 42.5 Å². The van der Waals surface area contributed by atoms with Crippen LogP contribution in [0, 0.1) is 4.77 Å². The van der Waals surface area contributed by atoms with Gasteiger partial charge in [-0.3, -0.25) is 4.79 Å². The van der Waals surface area contributed by atoms with Gasteiger partial charge in [0.1, 0.15) is 6.61 Å². The average Bonchev–Trinajstić information content (AvgIpc) is 2.48. The van der Waals surface area contributed by atoms with Gasteiger partial charge in [0.2, 0.25) is 4.77 Å². The number of benzene rings is 2. The Bertz CT molecular complexity index is 853. The second kappa shape index (κ2) is 5.30. The first-order valence-corrected chi connectivity index (χ1v) is 6.58. The van der Waals surface area contributed by atoms with Crippen LogP contribution in [0.2, 0.25) is 0 Å². The molecule has 0 fully saturated rings. The van der Waals surface area contributed by atoms with Crippen molar-refractivity contribution in [1.29, 1.82) is 0 Å². The van der Waals surface area contributed by atoms with E-state index in [1.165, 1.54) is 0 Å². The monoisotopic (exact) mass is 284 g/mol. The van der Waals surface area contributed by atoms with Crippen LogP contribution in [0.3, 0.4) is 0 Å². The molecule has 0 bridgehead atoms. The Morgan fingerprint density at radius 1 is 1.05 bits per heavy atom. The van der Waals surface area contributed by atoms with E-state index in [0.717, 1.165) is 10.3 Å². The Morgan fingerprint density at radius 3 is 2.55 bits per heavy atom. The zero-order valence-electron chi connectivity index (χ0n) is 10.6. The fourth-order valence-electron chi connectivity index (χ4n) is 1.98. The maximum absolute atomic E-state index is 12.3. The highest BCUT2D eigenvalue weighted by Crippen LogP contribution is 2.05. The van der Waals surface area contributed by atoms with Crippen molar-refractivity contribution in [3.63, 3.8) is 0 Å². The number of hydrogen-bond donors (Lipinski definition) is 1.